The molecule has 0 saturated heterocycles. The molecule has 2 rings (SSSR count). The van der Waals surface area contributed by atoms with Crippen molar-refractivity contribution in [3.8, 4) is 5.75 Å². The van der Waals surface area contributed by atoms with E-state index in [1.807, 2.05) is 43.4 Å². The Morgan fingerprint density at radius 2 is 1.74 bits per heavy atom. The van der Waals surface area contributed by atoms with Gasteiger partial charge in [0.25, 0.3) is 0 Å². The standard InChI is InChI=1S/C15H15Cl2NO/c1-18-15(10-3-6-12(19-2)7-4-10)13-9-11(16)5-8-14(13)17/h3-9,15,18H,1-2H3. The van der Waals surface area contributed by atoms with E-state index in [0.717, 1.165) is 16.9 Å². The molecule has 0 amide bonds. The van der Waals surface area contributed by atoms with Gasteiger partial charge in [-0.2, -0.15) is 0 Å². The number of hydrogen-bond acceptors (Lipinski definition) is 2. The fourth-order valence-corrected chi connectivity index (χ4v) is 2.44. The highest BCUT2D eigenvalue weighted by atomic mass is 35.5. The van der Waals surface area contributed by atoms with Crippen molar-refractivity contribution in [2.45, 2.75) is 6.04 Å². The normalized spacial score (nSPS) is 12.2. The van der Waals surface area contributed by atoms with E-state index in [1.165, 1.54) is 0 Å². The second kappa shape index (κ2) is 6.29. The minimum atomic E-state index is -0.00268. The fraction of sp³-hybridized carbons (Fsp3) is 0.200. The van der Waals surface area contributed by atoms with Crippen molar-refractivity contribution in [1.29, 1.82) is 0 Å². The molecule has 2 aromatic rings. The zero-order valence-corrected chi connectivity index (χ0v) is 12.3. The number of rotatable bonds is 4. The largest absolute Gasteiger partial charge is 0.497 e. The van der Waals surface area contributed by atoms with Crippen LogP contribution in [-0.2, 0) is 0 Å². The third-order valence-corrected chi connectivity index (χ3v) is 3.59. The highest BCUT2D eigenvalue weighted by Crippen LogP contribution is 2.31. The van der Waals surface area contributed by atoms with Crippen LogP contribution in [0.15, 0.2) is 42.5 Å². The van der Waals surface area contributed by atoms with Crippen LogP contribution in [0.4, 0.5) is 0 Å². The Kier molecular flexibility index (Phi) is 4.70. The van der Waals surface area contributed by atoms with Crippen molar-refractivity contribution >= 4 is 23.2 Å². The van der Waals surface area contributed by atoms with Crippen LogP contribution in [0.5, 0.6) is 5.75 Å². The Bertz CT molecular complexity index is 555. The third-order valence-electron chi connectivity index (χ3n) is 3.01. The summed E-state index contributed by atoms with van der Waals surface area (Å²) in [5, 5.41) is 4.62. The fourth-order valence-electron chi connectivity index (χ4n) is 2.03. The molecule has 2 nitrogen and oxygen atoms in total. The molecule has 0 aliphatic rings. The smallest absolute Gasteiger partial charge is 0.118 e. The Morgan fingerprint density at radius 1 is 1.05 bits per heavy atom. The van der Waals surface area contributed by atoms with Gasteiger partial charge in [0.15, 0.2) is 0 Å². The van der Waals surface area contributed by atoms with Gasteiger partial charge in [0.1, 0.15) is 5.75 Å². The quantitative estimate of drug-likeness (QED) is 0.907. The van der Waals surface area contributed by atoms with Crippen molar-refractivity contribution in [3.63, 3.8) is 0 Å². The lowest BCUT2D eigenvalue weighted by Gasteiger charge is -2.19. The highest BCUT2D eigenvalue weighted by Gasteiger charge is 2.15. The molecule has 0 fully saturated rings. The SMILES string of the molecule is CNC(c1ccc(OC)cc1)c1cc(Cl)ccc1Cl. The summed E-state index contributed by atoms with van der Waals surface area (Å²) in [6, 6.07) is 13.4. The molecular weight excluding hydrogens is 281 g/mol. The van der Waals surface area contributed by atoms with E-state index in [2.05, 4.69) is 5.32 Å². The summed E-state index contributed by atoms with van der Waals surface area (Å²) in [4.78, 5) is 0. The minimum absolute atomic E-state index is 0.00268. The lowest BCUT2D eigenvalue weighted by atomic mass is 9.99. The van der Waals surface area contributed by atoms with Crippen molar-refractivity contribution in [2.75, 3.05) is 14.2 Å². The van der Waals surface area contributed by atoms with Crippen LogP contribution < -0.4 is 10.1 Å². The molecule has 0 aromatic heterocycles. The maximum atomic E-state index is 6.25. The molecule has 0 radical (unpaired) electrons. The topological polar surface area (TPSA) is 21.3 Å². The van der Waals surface area contributed by atoms with Crippen LogP contribution in [0, 0.1) is 0 Å². The predicted octanol–water partition coefficient (Wildman–Crippen LogP) is 4.31. The summed E-state index contributed by atoms with van der Waals surface area (Å²) in [7, 11) is 3.55. The van der Waals surface area contributed by atoms with Crippen molar-refractivity contribution in [1.82, 2.24) is 5.32 Å². The lowest BCUT2D eigenvalue weighted by molar-refractivity contribution is 0.414. The summed E-state index contributed by atoms with van der Waals surface area (Å²) in [6.45, 7) is 0. The third kappa shape index (κ3) is 3.21. The summed E-state index contributed by atoms with van der Waals surface area (Å²) in [5.41, 5.74) is 2.06. The molecule has 19 heavy (non-hydrogen) atoms. The molecule has 0 aliphatic heterocycles. The van der Waals surface area contributed by atoms with Gasteiger partial charge in [-0.15, -0.1) is 0 Å². The van der Waals surface area contributed by atoms with E-state index in [1.54, 1.807) is 13.2 Å². The van der Waals surface area contributed by atoms with Crippen LogP contribution in [0.3, 0.4) is 0 Å². The number of hydrogen-bond donors (Lipinski definition) is 1. The molecule has 100 valence electrons. The molecule has 0 aliphatic carbocycles. The molecule has 1 atom stereocenters. The number of nitrogens with one attached hydrogen (secondary N) is 1. The average Bonchev–Trinajstić information content (AvgIpc) is 2.44. The van der Waals surface area contributed by atoms with Gasteiger partial charge in [-0.25, -0.2) is 0 Å². The highest BCUT2D eigenvalue weighted by molar-refractivity contribution is 6.33. The maximum absolute atomic E-state index is 6.25. The maximum Gasteiger partial charge on any atom is 0.118 e. The number of methoxy groups -OCH3 is 1. The zero-order valence-electron chi connectivity index (χ0n) is 10.8. The van der Waals surface area contributed by atoms with Crippen molar-refractivity contribution in [2.24, 2.45) is 0 Å². The van der Waals surface area contributed by atoms with E-state index in [4.69, 9.17) is 27.9 Å². The lowest BCUT2D eigenvalue weighted by Crippen LogP contribution is -2.18. The van der Waals surface area contributed by atoms with Crippen LogP contribution in [0.25, 0.3) is 0 Å². The van der Waals surface area contributed by atoms with Gasteiger partial charge < -0.3 is 10.1 Å². The Balaban J connectivity index is 2.40. The van der Waals surface area contributed by atoms with Gasteiger partial charge in [-0.1, -0.05) is 35.3 Å². The summed E-state index contributed by atoms with van der Waals surface area (Å²) < 4.78 is 5.16. The second-order valence-electron chi connectivity index (χ2n) is 4.16. The van der Waals surface area contributed by atoms with Crippen LogP contribution in [-0.4, -0.2) is 14.2 Å². The first-order valence-corrected chi connectivity index (χ1v) is 6.67. The molecular formula is C15H15Cl2NO. The van der Waals surface area contributed by atoms with Crippen LogP contribution >= 0.6 is 23.2 Å². The van der Waals surface area contributed by atoms with Gasteiger partial charge in [-0.3, -0.25) is 0 Å². The van der Waals surface area contributed by atoms with Gasteiger partial charge in [0.2, 0.25) is 0 Å². The number of ether oxygens (including phenoxy) is 1. The molecule has 0 bridgehead atoms. The average molecular weight is 296 g/mol. The van der Waals surface area contributed by atoms with E-state index in [9.17, 15) is 0 Å². The van der Waals surface area contributed by atoms with E-state index >= 15 is 0 Å². The molecule has 0 heterocycles. The summed E-state index contributed by atoms with van der Waals surface area (Å²) >= 11 is 12.3. The van der Waals surface area contributed by atoms with Crippen LogP contribution in [0.2, 0.25) is 10.0 Å². The number of halogens is 2. The van der Waals surface area contributed by atoms with E-state index in [-0.39, 0.29) is 6.04 Å². The Morgan fingerprint density at radius 3 is 2.32 bits per heavy atom. The van der Waals surface area contributed by atoms with Gasteiger partial charge in [-0.05, 0) is 48.5 Å². The number of benzene rings is 2. The van der Waals surface area contributed by atoms with Crippen LogP contribution in [0.1, 0.15) is 17.2 Å². The Labute approximate surface area is 123 Å². The van der Waals surface area contributed by atoms with Gasteiger partial charge >= 0.3 is 0 Å². The monoisotopic (exact) mass is 295 g/mol. The van der Waals surface area contributed by atoms with Crippen molar-refractivity contribution < 1.29 is 4.74 Å². The minimum Gasteiger partial charge on any atom is -0.497 e. The first kappa shape index (κ1) is 14.2. The van der Waals surface area contributed by atoms with Crippen molar-refractivity contribution in [3.05, 3.63) is 63.6 Å². The predicted molar refractivity (Wildman–Crippen MR) is 80.4 cm³/mol. The van der Waals surface area contributed by atoms with E-state index < -0.39 is 0 Å². The summed E-state index contributed by atoms with van der Waals surface area (Å²) in [5.74, 6) is 0.829. The molecule has 1 N–H and O–H groups in total. The molecule has 1 unspecified atom stereocenters. The second-order valence-corrected chi connectivity index (χ2v) is 5.00. The molecule has 0 saturated carbocycles. The molecule has 0 spiro atoms. The van der Waals surface area contributed by atoms with E-state index in [0.29, 0.717) is 10.0 Å². The first-order valence-electron chi connectivity index (χ1n) is 5.92. The first-order chi connectivity index (χ1) is 9.15. The van der Waals surface area contributed by atoms with Gasteiger partial charge in [0.05, 0.1) is 13.2 Å². The molecule has 4 heteroatoms. The summed E-state index contributed by atoms with van der Waals surface area (Å²) in [6.07, 6.45) is 0. The Hall–Kier alpha value is -1.22. The molecule has 2 aromatic carbocycles. The van der Waals surface area contributed by atoms with Gasteiger partial charge in [0, 0.05) is 10.0 Å². The zero-order chi connectivity index (χ0) is 13.8.